The second-order valence-electron chi connectivity index (χ2n) is 12.1. The van der Waals surface area contributed by atoms with Crippen LogP contribution in [0.25, 0.3) is 11.6 Å². The second-order valence-corrected chi connectivity index (χ2v) is 12.1. The minimum Gasteiger partial charge on any atom is -0.490 e. The van der Waals surface area contributed by atoms with E-state index in [1.165, 1.54) is 16.7 Å². The van der Waals surface area contributed by atoms with E-state index in [-0.39, 0.29) is 26.4 Å². The summed E-state index contributed by atoms with van der Waals surface area (Å²) in [7, 11) is 0. The SMILES string of the molecule is C=CC(=O)OCCOc1ccc(C(=Cc2ccc(N(c3ccc(C)cc3)c3ccc(C)c(C)c3)cc2)c2ccc(OCCOC(=O)C=C)cc2)cc1. The minimum absolute atomic E-state index is 0.129. The fraction of sp³-hybridized carbons (Fsp3) is 0.156. The highest BCUT2D eigenvalue weighted by molar-refractivity contribution is 5.92. The molecule has 0 unspecified atom stereocenters. The van der Waals surface area contributed by atoms with Crippen molar-refractivity contribution < 1.29 is 28.5 Å². The average molecular weight is 694 g/mol. The van der Waals surface area contributed by atoms with Crippen LogP contribution >= 0.6 is 0 Å². The number of ether oxygens (including phenoxy) is 4. The van der Waals surface area contributed by atoms with Crippen LogP contribution in [0.15, 0.2) is 141 Å². The van der Waals surface area contributed by atoms with Crippen LogP contribution in [0.4, 0.5) is 17.1 Å². The second kappa shape index (κ2) is 18.1. The Morgan fingerprint density at radius 1 is 0.558 bits per heavy atom. The van der Waals surface area contributed by atoms with Crippen LogP contribution in [-0.4, -0.2) is 38.4 Å². The number of anilines is 3. The average Bonchev–Trinajstić information content (AvgIpc) is 3.17. The van der Waals surface area contributed by atoms with E-state index in [1.54, 1.807) is 0 Å². The van der Waals surface area contributed by atoms with E-state index in [2.05, 4.69) is 112 Å². The molecule has 52 heavy (non-hydrogen) atoms. The van der Waals surface area contributed by atoms with Gasteiger partial charge in [0.25, 0.3) is 0 Å². The molecule has 5 aromatic rings. The Bertz CT molecular complexity index is 1940. The first kappa shape index (κ1) is 36.9. The van der Waals surface area contributed by atoms with Gasteiger partial charge in [-0.25, -0.2) is 9.59 Å². The number of rotatable bonds is 16. The van der Waals surface area contributed by atoms with Gasteiger partial charge in [-0.1, -0.05) is 73.3 Å². The van der Waals surface area contributed by atoms with Gasteiger partial charge in [0.2, 0.25) is 0 Å². The van der Waals surface area contributed by atoms with Gasteiger partial charge in [0.15, 0.2) is 0 Å². The molecule has 0 radical (unpaired) electrons. The molecule has 0 N–H and O–H groups in total. The summed E-state index contributed by atoms with van der Waals surface area (Å²) in [4.78, 5) is 24.9. The number of benzene rings is 5. The van der Waals surface area contributed by atoms with Gasteiger partial charge >= 0.3 is 11.9 Å². The van der Waals surface area contributed by atoms with Gasteiger partial charge in [-0.15, -0.1) is 0 Å². The zero-order chi connectivity index (χ0) is 36.9. The number of hydrogen-bond acceptors (Lipinski definition) is 7. The lowest BCUT2D eigenvalue weighted by atomic mass is 9.95. The van der Waals surface area contributed by atoms with E-state index in [1.807, 2.05) is 48.5 Å². The first-order valence-electron chi connectivity index (χ1n) is 17.0. The molecule has 5 aromatic carbocycles. The predicted molar refractivity (Wildman–Crippen MR) is 208 cm³/mol. The molecule has 0 atom stereocenters. The van der Waals surface area contributed by atoms with Crippen molar-refractivity contribution in [3.63, 3.8) is 0 Å². The molecule has 0 saturated carbocycles. The zero-order valence-electron chi connectivity index (χ0n) is 29.8. The lowest BCUT2D eigenvalue weighted by molar-refractivity contribution is -0.139. The lowest BCUT2D eigenvalue weighted by Gasteiger charge is -2.26. The van der Waals surface area contributed by atoms with Crippen LogP contribution in [0.5, 0.6) is 11.5 Å². The summed E-state index contributed by atoms with van der Waals surface area (Å²) in [5.74, 6) is 0.348. The fourth-order valence-corrected chi connectivity index (χ4v) is 5.41. The van der Waals surface area contributed by atoms with Crippen LogP contribution in [-0.2, 0) is 19.1 Å². The Labute approximate surface area is 306 Å². The van der Waals surface area contributed by atoms with Crippen molar-refractivity contribution >= 4 is 40.6 Å². The molecule has 7 heteroatoms. The van der Waals surface area contributed by atoms with Crippen LogP contribution < -0.4 is 14.4 Å². The number of carbonyl (C=O) groups is 2. The normalized spacial score (nSPS) is 10.4. The number of aryl methyl sites for hydroxylation is 3. The van der Waals surface area contributed by atoms with E-state index in [0.717, 1.165) is 51.5 Å². The van der Waals surface area contributed by atoms with Crippen LogP contribution in [0.1, 0.15) is 33.4 Å². The summed E-state index contributed by atoms with van der Waals surface area (Å²) in [6.07, 6.45) is 4.41. The minimum atomic E-state index is -0.484. The Balaban J connectivity index is 1.43. The molecule has 0 aliphatic rings. The van der Waals surface area contributed by atoms with Crippen molar-refractivity contribution in [3.8, 4) is 11.5 Å². The van der Waals surface area contributed by atoms with Gasteiger partial charge in [-0.3, -0.25) is 0 Å². The van der Waals surface area contributed by atoms with Crippen molar-refractivity contribution in [1.82, 2.24) is 0 Å². The smallest absolute Gasteiger partial charge is 0.330 e. The summed E-state index contributed by atoms with van der Waals surface area (Å²) in [6, 6.07) is 39.3. The number of esters is 2. The van der Waals surface area contributed by atoms with E-state index < -0.39 is 11.9 Å². The van der Waals surface area contributed by atoms with Crippen LogP contribution in [0.3, 0.4) is 0 Å². The molecular formula is C45H43NO6. The predicted octanol–water partition coefficient (Wildman–Crippen LogP) is 9.89. The van der Waals surface area contributed by atoms with Crippen LogP contribution in [0, 0.1) is 20.8 Å². The molecule has 0 aromatic heterocycles. The van der Waals surface area contributed by atoms with Crippen molar-refractivity contribution in [2.45, 2.75) is 20.8 Å². The molecule has 0 amide bonds. The van der Waals surface area contributed by atoms with E-state index in [0.29, 0.717) is 11.5 Å². The lowest BCUT2D eigenvalue weighted by Crippen LogP contribution is -2.10. The van der Waals surface area contributed by atoms with Gasteiger partial charge < -0.3 is 23.8 Å². The van der Waals surface area contributed by atoms with Crippen molar-refractivity contribution in [1.29, 1.82) is 0 Å². The zero-order valence-corrected chi connectivity index (χ0v) is 29.8. The largest absolute Gasteiger partial charge is 0.490 e. The Hall–Kier alpha value is -6.34. The molecule has 0 aliphatic heterocycles. The Morgan fingerprint density at radius 2 is 1.02 bits per heavy atom. The highest BCUT2D eigenvalue weighted by Crippen LogP contribution is 2.36. The molecule has 264 valence electrons. The van der Waals surface area contributed by atoms with Crippen molar-refractivity contribution in [3.05, 3.63) is 174 Å². The van der Waals surface area contributed by atoms with Crippen molar-refractivity contribution in [2.24, 2.45) is 0 Å². The third kappa shape index (κ3) is 10.1. The maximum atomic E-state index is 11.3. The first-order chi connectivity index (χ1) is 25.2. The van der Waals surface area contributed by atoms with E-state index in [9.17, 15) is 9.59 Å². The van der Waals surface area contributed by atoms with E-state index >= 15 is 0 Å². The summed E-state index contributed by atoms with van der Waals surface area (Å²) in [5, 5.41) is 0. The maximum absolute atomic E-state index is 11.3. The quantitative estimate of drug-likeness (QED) is 0.0441. The molecule has 0 heterocycles. The number of hydrogen-bond donors (Lipinski definition) is 0. The molecular weight excluding hydrogens is 650 g/mol. The van der Waals surface area contributed by atoms with Gasteiger partial charge in [0, 0.05) is 29.2 Å². The summed E-state index contributed by atoms with van der Waals surface area (Å²) >= 11 is 0. The monoisotopic (exact) mass is 693 g/mol. The molecule has 0 bridgehead atoms. The Kier molecular flexibility index (Phi) is 12.8. The third-order valence-electron chi connectivity index (χ3n) is 8.36. The van der Waals surface area contributed by atoms with Gasteiger partial charge in [-0.2, -0.15) is 0 Å². The molecule has 0 saturated heterocycles. The molecule has 0 aliphatic carbocycles. The maximum Gasteiger partial charge on any atom is 0.330 e. The summed E-state index contributed by atoms with van der Waals surface area (Å²) < 4.78 is 21.6. The van der Waals surface area contributed by atoms with Crippen molar-refractivity contribution in [2.75, 3.05) is 31.3 Å². The summed E-state index contributed by atoms with van der Waals surface area (Å²) in [5.41, 5.74) is 10.9. The standard InChI is InChI=1S/C45H43NO6/c1-6-44(47)51-28-26-49-41-22-13-36(14-23-41)43(37-15-24-42(25-16-37)50-27-29-52-45(48)7-2)31-35-11-20-39(21-12-35)46(38-17-8-32(3)9-18-38)40-19-10-33(4)34(5)30-40/h6-25,30-31H,1-2,26-29H2,3-5H3. The Morgan fingerprint density at radius 3 is 1.48 bits per heavy atom. The first-order valence-corrected chi connectivity index (χ1v) is 17.0. The fourth-order valence-electron chi connectivity index (χ4n) is 5.41. The highest BCUT2D eigenvalue weighted by atomic mass is 16.6. The highest BCUT2D eigenvalue weighted by Gasteiger charge is 2.14. The number of nitrogens with zero attached hydrogens (tertiary/aromatic N) is 1. The van der Waals surface area contributed by atoms with Gasteiger partial charge in [0.1, 0.15) is 37.9 Å². The molecule has 0 fully saturated rings. The van der Waals surface area contributed by atoms with Crippen LogP contribution in [0.2, 0.25) is 0 Å². The third-order valence-corrected chi connectivity index (χ3v) is 8.36. The molecule has 7 nitrogen and oxygen atoms in total. The number of carbonyl (C=O) groups excluding carboxylic acids is 2. The molecule has 0 spiro atoms. The summed E-state index contributed by atoms with van der Waals surface area (Å²) in [6.45, 7) is 13.9. The van der Waals surface area contributed by atoms with Gasteiger partial charge in [0.05, 0.1) is 0 Å². The van der Waals surface area contributed by atoms with E-state index in [4.69, 9.17) is 18.9 Å². The molecule has 5 rings (SSSR count). The topological polar surface area (TPSA) is 74.3 Å². The van der Waals surface area contributed by atoms with Gasteiger partial charge in [-0.05, 0) is 121 Å².